The van der Waals surface area contributed by atoms with Crippen LogP contribution in [0.15, 0.2) is 24.3 Å². The molecule has 0 saturated carbocycles. The van der Waals surface area contributed by atoms with E-state index < -0.39 is 0 Å². The number of rotatable bonds is 3. The topological polar surface area (TPSA) is 39.9 Å². The number of aryl methyl sites for hydroxylation is 1. The van der Waals surface area contributed by atoms with E-state index in [1.54, 1.807) is 31.0 Å². The van der Waals surface area contributed by atoms with Crippen LogP contribution in [-0.2, 0) is 18.4 Å². The van der Waals surface area contributed by atoms with Crippen LogP contribution >= 0.6 is 0 Å². The maximum atomic E-state index is 13.0. The molecule has 5 heteroatoms. The first-order chi connectivity index (χ1) is 7.70. The molecule has 0 spiro atoms. The summed E-state index contributed by atoms with van der Waals surface area (Å²) in [5.74, 6) is 0.925. The zero-order chi connectivity index (χ0) is 11.5. The minimum atomic E-state index is -0.293. The molecule has 2 aromatic rings. The molecule has 0 amide bonds. The molecule has 0 aliphatic heterocycles. The third-order valence-corrected chi connectivity index (χ3v) is 2.21. The summed E-state index contributed by atoms with van der Waals surface area (Å²) in [5.41, 5.74) is 0.665. The highest BCUT2D eigenvalue weighted by atomic mass is 19.1. The number of hydrogen-bond acceptors (Lipinski definition) is 3. The van der Waals surface area contributed by atoms with Crippen LogP contribution in [0.25, 0.3) is 11.4 Å². The van der Waals surface area contributed by atoms with Gasteiger partial charge in [0.15, 0.2) is 11.6 Å². The Morgan fingerprint density at radius 2 is 2.25 bits per heavy atom. The van der Waals surface area contributed by atoms with Gasteiger partial charge in [-0.25, -0.2) is 9.37 Å². The molecule has 1 heterocycles. The second-order valence-corrected chi connectivity index (χ2v) is 3.42. The number of hydrogen-bond donors (Lipinski definition) is 0. The molecular weight excluding hydrogens is 209 g/mol. The molecular formula is C11H12FN3O. The van der Waals surface area contributed by atoms with E-state index in [-0.39, 0.29) is 5.82 Å². The van der Waals surface area contributed by atoms with Crippen LogP contribution in [0.1, 0.15) is 5.82 Å². The fourth-order valence-corrected chi connectivity index (χ4v) is 1.42. The third kappa shape index (κ3) is 2.09. The molecule has 0 atom stereocenters. The van der Waals surface area contributed by atoms with Crippen molar-refractivity contribution in [2.45, 2.75) is 6.61 Å². The van der Waals surface area contributed by atoms with Gasteiger partial charge in [0.25, 0.3) is 0 Å². The number of ether oxygens (including phenoxy) is 1. The highest BCUT2D eigenvalue weighted by molar-refractivity contribution is 5.54. The molecule has 4 nitrogen and oxygen atoms in total. The zero-order valence-corrected chi connectivity index (χ0v) is 9.14. The predicted molar refractivity (Wildman–Crippen MR) is 57.1 cm³/mol. The van der Waals surface area contributed by atoms with Crippen LogP contribution in [0.5, 0.6) is 0 Å². The van der Waals surface area contributed by atoms with Crippen LogP contribution in [0.2, 0.25) is 0 Å². The van der Waals surface area contributed by atoms with Crippen molar-refractivity contribution in [2.24, 2.45) is 7.05 Å². The fraction of sp³-hybridized carbons (Fsp3) is 0.273. The number of aromatic nitrogens is 3. The molecule has 0 aliphatic carbocycles. The summed E-state index contributed by atoms with van der Waals surface area (Å²) in [6, 6.07) is 6.21. The zero-order valence-electron chi connectivity index (χ0n) is 9.14. The number of halogens is 1. The van der Waals surface area contributed by atoms with Crippen molar-refractivity contribution < 1.29 is 9.13 Å². The lowest BCUT2D eigenvalue weighted by atomic mass is 10.2. The molecule has 0 aliphatic rings. The van der Waals surface area contributed by atoms with Gasteiger partial charge in [-0.05, 0) is 12.1 Å². The molecule has 16 heavy (non-hydrogen) atoms. The summed E-state index contributed by atoms with van der Waals surface area (Å²) in [5, 5.41) is 4.20. The van der Waals surface area contributed by atoms with Crippen LogP contribution in [0, 0.1) is 5.82 Å². The van der Waals surface area contributed by atoms with Crippen molar-refractivity contribution >= 4 is 0 Å². The Balaban J connectivity index is 2.37. The van der Waals surface area contributed by atoms with Gasteiger partial charge in [0.2, 0.25) is 0 Å². The van der Waals surface area contributed by atoms with E-state index in [1.807, 2.05) is 0 Å². The summed E-state index contributed by atoms with van der Waals surface area (Å²) in [4.78, 5) is 4.27. The Bertz CT molecular complexity index is 496. The van der Waals surface area contributed by atoms with Gasteiger partial charge in [0.05, 0.1) is 0 Å². The van der Waals surface area contributed by atoms with Gasteiger partial charge in [-0.1, -0.05) is 12.1 Å². The number of nitrogens with zero attached hydrogens (tertiary/aromatic N) is 3. The molecule has 1 aromatic heterocycles. The highest BCUT2D eigenvalue weighted by Crippen LogP contribution is 2.16. The molecule has 0 N–H and O–H groups in total. The average Bonchev–Trinajstić information content (AvgIpc) is 2.61. The first kappa shape index (κ1) is 10.8. The SMILES string of the molecule is COCc1nc(-c2cccc(F)c2)nn1C. The van der Waals surface area contributed by atoms with Gasteiger partial charge in [0, 0.05) is 19.7 Å². The summed E-state index contributed by atoms with van der Waals surface area (Å²) in [6.07, 6.45) is 0. The molecule has 1 aromatic carbocycles. The minimum absolute atomic E-state index is 0.293. The molecule has 0 radical (unpaired) electrons. The second kappa shape index (κ2) is 4.40. The smallest absolute Gasteiger partial charge is 0.181 e. The van der Waals surface area contributed by atoms with Crippen LogP contribution in [0.3, 0.4) is 0 Å². The standard InChI is InChI=1S/C11H12FN3O/c1-15-10(7-16-2)13-11(14-15)8-4-3-5-9(12)6-8/h3-6H,7H2,1-2H3. The Morgan fingerprint density at radius 3 is 2.94 bits per heavy atom. The van der Waals surface area contributed by atoms with Crippen molar-refractivity contribution in [2.75, 3.05) is 7.11 Å². The molecule has 0 bridgehead atoms. The van der Waals surface area contributed by atoms with Crippen molar-refractivity contribution in [1.82, 2.24) is 14.8 Å². The highest BCUT2D eigenvalue weighted by Gasteiger charge is 2.09. The quantitative estimate of drug-likeness (QED) is 0.793. The van der Waals surface area contributed by atoms with Gasteiger partial charge in [0.1, 0.15) is 12.4 Å². The van der Waals surface area contributed by atoms with Crippen molar-refractivity contribution in [3.8, 4) is 11.4 Å². The Labute approximate surface area is 92.7 Å². The van der Waals surface area contributed by atoms with Gasteiger partial charge in [-0.15, -0.1) is 0 Å². The second-order valence-electron chi connectivity index (χ2n) is 3.42. The van der Waals surface area contributed by atoms with E-state index in [0.717, 1.165) is 0 Å². The maximum Gasteiger partial charge on any atom is 0.181 e. The van der Waals surface area contributed by atoms with Gasteiger partial charge >= 0.3 is 0 Å². The summed E-state index contributed by atoms with van der Waals surface area (Å²) in [6.45, 7) is 0.388. The van der Waals surface area contributed by atoms with Crippen molar-refractivity contribution in [3.63, 3.8) is 0 Å². The lowest BCUT2D eigenvalue weighted by Gasteiger charge is -1.95. The lowest BCUT2D eigenvalue weighted by Crippen LogP contribution is -2.00. The summed E-state index contributed by atoms with van der Waals surface area (Å²) in [7, 11) is 3.38. The van der Waals surface area contributed by atoms with Crippen molar-refractivity contribution in [3.05, 3.63) is 35.9 Å². The van der Waals surface area contributed by atoms with E-state index in [1.165, 1.54) is 12.1 Å². The maximum absolute atomic E-state index is 13.0. The molecule has 2 rings (SSSR count). The summed E-state index contributed by atoms with van der Waals surface area (Å²) >= 11 is 0. The first-order valence-electron chi connectivity index (χ1n) is 4.85. The van der Waals surface area contributed by atoms with Crippen molar-refractivity contribution in [1.29, 1.82) is 0 Å². The largest absolute Gasteiger partial charge is 0.377 e. The normalized spacial score (nSPS) is 10.7. The van der Waals surface area contributed by atoms with Crippen LogP contribution in [0.4, 0.5) is 4.39 Å². The van der Waals surface area contributed by atoms with E-state index in [4.69, 9.17) is 4.74 Å². The van der Waals surface area contributed by atoms with Gasteiger partial charge in [-0.2, -0.15) is 5.10 Å². The molecule has 84 valence electrons. The summed E-state index contributed by atoms with van der Waals surface area (Å²) < 4.78 is 19.6. The molecule has 0 saturated heterocycles. The Kier molecular flexibility index (Phi) is 2.96. The lowest BCUT2D eigenvalue weighted by molar-refractivity contribution is 0.174. The number of benzene rings is 1. The predicted octanol–water partition coefficient (Wildman–Crippen LogP) is 1.77. The number of methoxy groups -OCH3 is 1. The molecule has 0 unspecified atom stereocenters. The minimum Gasteiger partial charge on any atom is -0.377 e. The van der Waals surface area contributed by atoms with E-state index in [2.05, 4.69) is 10.1 Å². The Hall–Kier alpha value is -1.75. The van der Waals surface area contributed by atoms with E-state index in [0.29, 0.717) is 23.8 Å². The molecule has 0 fully saturated rings. The first-order valence-corrected chi connectivity index (χ1v) is 4.85. The Morgan fingerprint density at radius 1 is 1.44 bits per heavy atom. The van der Waals surface area contributed by atoms with Crippen LogP contribution in [-0.4, -0.2) is 21.9 Å². The van der Waals surface area contributed by atoms with E-state index in [9.17, 15) is 4.39 Å². The third-order valence-electron chi connectivity index (χ3n) is 2.21. The van der Waals surface area contributed by atoms with Gasteiger partial charge < -0.3 is 4.74 Å². The van der Waals surface area contributed by atoms with E-state index >= 15 is 0 Å². The average molecular weight is 221 g/mol. The van der Waals surface area contributed by atoms with Gasteiger partial charge in [-0.3, -0.25) is 4.68 Å². The van der Waals surface area contributed by atoms with Crippen LogP contribution < -0.4 is 0 Å². The monoisotopic (exact) mass is 221 g/mol. The fourth-order valence-electron chi connectivity index (χ4n) is 1.42.